The van der Waals surface area contributed by atoms with Crippen LogP contribution in [-0.4, -0.2) is 13.2 Å². The second kappa shape index (κ2) is 5.03. The van der Waals surface area contributed by atoms with Crippen LogP contribution in [0.4, 0.5) is 0 Å². The first-order valence-electron chi connectivity index (χ1n) is 5.75. The van der Waals surface area contributed by atoms with Crippen LogP contribution >= 0.6 is 0 Å². The number of aryl methyl sites for hydroxylation is 1. The molecule has 0 fully saturated rings. The number of fused-ring (bicyclic) bond motifs is 1. The lowest BCUT2D eigenvalue weighted by Gasteiger charge is -2.19. The highest BCUT2D eigenvalue weighted by Gasteiger charge is 2.15. The Bertz CT molecular complexity index is 485. The molecule has 2 N–H and O–H groups in total. The van der Waals surface area contributed by atoms with Gasteiger partial charge >= 0.3 is 0 Å². The van der Waals surface area contributed by atoms with Crippen LogP contribution in [0, 0.1) is 11.3 Å². The molecule has 0 spiro atoms. The van der Waals surface area contributed by atoms with Gasteiger partial charge in [-0.25, -0.2) is 0 Å². The smallest absolute Gasteiger partial charge is 0.126 e. The highest BCUT2D eigenvalue weighted by atomic mass is 16.5. The van der Waals surface area contributed by atoms with E-state index in [1.165, 1.54) is 11.1 Å². The first kappa shape index (κ1) is 11.7. The summed E-state index contributed by atoms with van der Waals surface area (Å²) in [6, 6.07) is 7.76. The van der Waals surface area contributed by atoms with Crippen molar-refractivity contribution in [1.82, 2.24) is 0 Å². The third kappa shape index (κ3) is 2.48. The van der Waals surface area contributed by atoms with E-state index in [0.29, 0.717) is 6.42 Å². The molecule has 0 amide bonds. The van der Waals surface area contributed by atoms with E-state index in [-0.39, 0.29) is 0 Å². The quantitative estimate of drug-likeness (QED) is 0.863. The molecule has 1 aliphatic rings. The summed E-state index contributed by atoms with van der Waals surface area (Å²) in [4.78, 5) is 0. The van der Waals surface area contributed by atoms with Crippen molar-refractivity contribution in [3.05, 3.63) is 34.9 Å². The molecular formula is C14H16N2O. The molecule has 3 heteroatoms. The monoisotopic (exact) mass is 228 g/mol. The zero-order chi connectivity index (χ0) is 12.3. The summed E-state index contributed by atoms with van der Waals surface area (Å²) in [5.41, 5.74) is 9.34. The highest BCUT2D eigenvalue weighted by Crippen LogP contribution is 2.32. The van der Waals surface area contributed by atoms with Gasteiger partial charge in [0.05, 0.1) is 19.2 Å². The van der Waals surface area contributed by atoms with E-state index < -0.39 is 6.04 Å². The number of nitrogens with zero attached hydrogens (tertiary/aromatic N) is 1. The number of nitriles is 1. The SMILES string of the molecule is COc1cccc2c1C=C(C[C@@H](N)C#N)CC2. The molecule has 1 aromatic rings. The number of benzene rings is 1. The summed E-state index contributed by atoms with van der Waals surface area (Å²) in [5.74, 6) is 0.894. The number of rotatable bonds is 3. The molecule has 0 saturated carbocycles. The van der Waals surface area contributed by atoms with Crippen LogP contribution < -0.4 is 10.5 Å². The average molecular weight is 228 g/mol. The maximum Gasteiger partial charge on any atom is 0.126 e. The highest BCUT2D eigenvalue weighted by molar-refractivity contribution is 5.65. The molecule has 0 aliphatic heterocycles. The number of hydrogen-bond acceptors (Lipinski definition) is 3. The summed E-state index contributed by atoms with van der Waals surface area (Å²) in [7, 11) is 1.68. The Labute approximate surface area is 102 Å². The zero-order valence-electron chi connectivity index (χ0n) is 9.94. The molecule has 1 aromatic carbocycles. The Hall–Kier alpha value is -1.79. The van der Waals surface area contributed by atoms with E-state index in [9.17, 15) is 0 Å². The minimum atomic E-state index is -0.405. The summed E-state index contributed by atoms with van der Waals surface area (Å²) < 4.78 is 5.35. The normalized spacial score (nSPS) is 15.5. The Balaban J connectivity index is 2.30. The Morgan fingerprint density at radius 2 is 2.29 bits per heavy atom. The second-order valence-electron chi connectivity index (χ2n) is 4.28. The van der Waals surface area contributed by atoms with E-state index in [0.717, 1.165) is 24.2 Å². The number of nitrogens with two attached hydrogens (primary N) is 1. The lowest BCUT2D eigenvalue weighted by atomic mass is 9.89. The van der Waals surface area contributed by atoms with Gasteiger partial charge in [0.1, 0.15) is 5.75 Å². The first-order chi connectivity index (χ1) is 8.24. The molecule has 2 rings (SSSR count). The van der Waals surface area contributed by atoms with Crippen LogP contribution in [0.3, 0.4) is 0 Å². The molecule has 0 saturated heterocycles. The fourth-order valence-corrected chi connectivity index (χ4v) is 2.21. The summed E-state index contributed by atoms with van der Waals surface area (Å²) in [5, 5.41) is 8.73. The van der Waals surface area contributed by atoms with E-state index in [1.807, 2.05) is 12.1 Å². The van der Waals surface area contributed by atoms with Crippen LogP contribution in [0.2, 0.25) is 0 Å². The molecule has 17 heavy (non-hydrogen) atoms. The second-order valence-corrected chi connectivity index (χ2v) is 4.28. The molecule has 0 bridgehead atoms. The van der Waals surface area contributed by atoms with Gasteiger partial charge in [-0.05, 0) is 30.9 Å². The molecule has 1 atom stereocenters. The predicted molar refractivity (Wildman–Crippen MR) is 67.5 cm³/mol. The van der Waals surface area contributed by atoms with Crippen molar-refractivity contribution in [1.29, 1.82) is 5.26 Å². The maximum absolute atomic E-state index is 8.73. The van der Waals surface area contributed by atoms with E-state index in [4.69, 9.17) is 15.7 Å². The molecule has 88 valence electrons. The van der Waals surface area contributed by atoms with Gasteiger partial charge in [-0.2, -0.15) is 5.26 Å². The minimum absolute atomic E-state index is 0.405. The Morgan fingerprint density at radius 3 is 3.00 bits per heavy atom. The molecule has 0 aromatic heterocycles. The fourth-order valence-electron chi connectivity index (χ4n) is 2.21. The van der Waals surface area contributed by atoms with Crippen LogP contribution in [0.1, 0.15) is 24.0 Å². The van der Waals surface area contributed by atoms with Gasteiger partial charge in [-0.3, -0.25) is 0 Å². The van der Waals surface area contributed by atoms with Crippen molar-refractivity contribution < 1.29 is 4.74 Å². The van der Waals surface area contributed by atoms with Crippen LogP contribution in [0.25, 0.3) is 6.08 Å². The molecule has 0 heterocycles. The molecule has 1 aliphatic carbocycles. The van der Waals surface area contributed by atoms with Crippen molar-refractivity contribution in [2.45, 2.75) is 25.3 Å². The summed E-state index contributed by atoms with van der Waals surface area (Å²) >= 11 is 0. The third-order valence-electron chi connectivity index (χ3n) is 3.09. The van der Waals surface area contributed by atoms with E-state index in [1.54, 1.807) is 7.11 Å². The van der Waals surface area contributed by atoms with Crippen molar-refractivity contribution >= 4 is 6.08 Å². The van der Waals surface area contributed by atoms with Gasteiger partial charge in [0.2, 0.25) is 0 Å². The first-order valence-corrected chi connectivity index (χ1v) is 5.75. The molecule has 0 radical (unpaired) electrons. The van der Waals surface area contributed by atoms with Gasteiger partial charge in [0.25, 0.3) is 0 Å². The average Bonchev–Trinajstić information content (AvgIpc) is 2.37. The van der Waals surface area contributed by atoms with Gasteiger partial charge < -0.3 is 10.5 Å². The van der Waals surface area contributed by atoms with Crippen LogP contribution in [-0.2, 0) is 6.42 Å². The third-order valence-corrected chi connectivity index (χ3v) is 3.09. The lowest BCUT2D eigenvalue weighted by molar-refractivity contribution is 0.413. The predicted octanol–water partition coefficient (Wildman–Crippen LogP) is 2.27. The van der Waals surface area contributed by atoms with Gasteiger partial charge in [0, 0.05) is 5.56 Å². The zero-order valence-corrected chi connectivity index (χ0v) is 9.94. The molecule has 3 nitrogen and oxygen atoms in total. The number of hydrogen-bond donors (Lipinski definition) is 1. The fraction of sp³-hybridized carbons (Fsp3) is 0.357. The van der Waals surface area contributed by atoms with Crippen molar-refractivity contribution in [3.63, 3.8) is 0 Å². The number of ether oxygens (including phenoxy) is 1. The maximum atomic E-state index is 8.73. The summed E-state index contributed by atoms with van der Waals surface area (Å²) in [6.07, 6.45) is 4.74. The van der Waals surface area contributed by atoms with Crippen molar-refractivity contribution in [2.24, 2.45) is 5.73 Å². The van der Waals surface area contributed by atoms with E-state index >= 15 is 0 Å². The number of methoxy groups -OCH3 is 1. The topological polar surface area (TPSA) is 59.0 Å². The molecular weight excluding hydrogens is 212 g/mol. The van der Waals surface area contributed by atoms with Gasteiger partial charge in [-0.1, -0.05) is 23.8 Å². The van der Waals surface area contributed by atoms with Gasteiger partial charge in [-0.15, -0.1) is 0 Å². The largest absolute Gasteiger partial charge is 0.496 e. The molecule has 0 unspecified atom stereocenters. The summed E-state index contributed by atoms with van der Waals surface area (Å²) in [6.45, 7) is 0. The minimum Gasteiger partial charge on any atom is -0.496 e. The van der Waals surface area contributed by atoms with Gasteiger partial charge in [0.15, 0.2) is 0 Å². The standard InChI is InChI=1S/C14H16N2O/c1-17-14-4-2-3-11-6-5-10(8-13(11)14)7-12(16)9-15/h2-4,8,12H,5-7,16H2,1H3/t12-/m1/s1. The lowest BCUT2D eigenvalue weighted by Crippen LogP contribution is -2.18. The van der Waals surface area contributed by atoms with Crippen LogP contribution in [0.15, 0.2) is 23.8 Å². The van der Waals surface area contributed by atoms with Crippen molar-refractivity contribution in [3.8, 4) is 11.8 Å². The van der Waals surface area contributed by atoms with E-state index in [2.05, 4.69) is 18.2 Å². The van der Waals surface area contributed by atoms with Crippen LogP contribution in [0.5, 0.6) is 5.75 Å². The van der Waals surface area contributed by atoms with Crippen molar-refractivity contribution in [2.75, 3.05) is 7.11 Å². The Kier molecular flexibility index (Phi) is 3.46. The Morgan fingerprint density at radius 1 is 1.47 bits per heavy atom.